The number of hydrogen-bond acceptors (Lipinski definition) is 3. The Morgan fingerprint density at radius 3 is 3.08 bits per heavy atom. The molecule has 5 nitrogen and oxygen atoms in total. The number of nitrogens with zero attached hydrogens (tertiary/aromatic N) is 2. The Balaban J connectivity index is 2.68. The number of hydrogen-bond donors (Lipinski definition) is 2. The van der Waals surface area contributed by atoms with E-state index in [1.807, 2.05) is 11.5 Å². The fourth-order valence-corrected chi connectivity index (χ4v) is 1.12. The van der Waals surface area contributed by atoms with Gasteiger partial charge in [0.25, 0.3) is 0 Å². The largest absolute Gasteiger partial charge is 0.480 e. The lowest BCUT2D eigenvalue weighted by molar-refractivity contribution is -0.138. The van der Waals surface area contributed by atoms with Gasteiger partial charge in [-0.05, 0) is 6.92 Å². The van der Waals surface area contributed by atoms with Crippen LogP contribution in [-0.4, -0.2) is 26.7 Å². The van der Waals surface area contributed by atoms with Crippen molar-refractivity contribution in [1.29, 1.82) is 0 Å². The SMILES string of the molecule is CCn1cncc1C[C@H](N)C(=O)O. The van der Waals surface area contributed by atoms with Crippen LogP contribution in [0.4, 0.5) is 0 Å². The molecule has 0 aliphatic rings. The van der Waals surface area contributed by atoms with Crippen molar-refractivity contribution in [3.63, 3.8) is 0 Å². The van der Waals surface area contributed by atoms with Gasteiger partial charge in [-0.25, -0.2) is 4.98 Å². The van der Waals surface area contributed by atoms with Gasteiger partial charge in [0.15, 0.2) is 0 Å². The van der Waals surface area contributed by atoms with E-state index >= 15 is 0 Å². The standard InChI is InChI=1S/C8H13N3O2/c1-2-11-5-10-4-6(11)3-7(9)8(12)13/h4-5,7H,2-3,9H2,1H3,(H,12,13)/t7-/m0/s1. The number of aromatic nitrogens is 2. The van der Waals surface area contributed by atoms with Crippen LogP contribution in [0, 0.1) is 0 Å². The summed E-state index contributed by atoms with van der Waals surface area (Å²) in [5.41, 5.74) is 6.25. The molecular formula is C8H13N3O2. The molecule has 0 spiro atoms. The topological polar surface area (TPSA) is 81.1 Å². The minimum Gasteiger partial charge on any atom is -0.480 e. The van der Waals surface area contributed by atoms with Gasteiger partial charge in [0.2, 0.25) is 0 Å². The maximum atomic E-state index is 10.5. The highest BCUT2D eigenvalue weighted by atomic mass is 16.4. The summed E-state index contributed by atoms with van der Waals surface area (Å²) in [5, 5.41) is 8.59. The first-order valence-electron chi connectivity index (χ1n) is 4.12. The van der Waals surface area contributed by atoms with Crippen molar-refractivity contribution >= 4 is 5.97 Å². The van der Waals surface area contributed by atoms with Crippen molar-refractivity contribution < 1.29 is 9.90 Å². The molecule has 0 radical (unpaired) electrons. The molecule has 1 rings (SSSR count). The molecule has 1 aromatic rings. The van der Waals surface area contributed by atoms with E-state index in [0.29, 0.717) is 6.42 Å². The van der Waals surface area contributed by atoms with E-state index < -0.39 is 12.0 Å². The molecule has 0 saturated heterocycles. The van der Waals surface area contributed by atoms with Gasteiger partial charge in [0.05, 0.1) is 6.33 Å². The molecule has 1 aromatic heterocycles. The number of carbonyl (C=O) groups is 1. The number of aryl methyl sites for hydroxylation is 1. The van der Waals surface area contributed by atoms with Crippen molar-refractivity contribution in [2.45, 2.75) is 25.9 Å². The molecule has 13 heavy (non-hydrogen) atoms. The molecule has 0 saturated carbocycles. The lowest BCUT2D eigenvalue weighted by Gasteiger charge is -2.07. The van der Waals surface area contributed by atoms with Gasteiger partial charge < -0.3 is 15.4 Å². The predicted octanol–water partition coefficient (Wildman–Crippen LogP) is -0.143. The third-order valence-corrected chi connectivity index (χ3v) is 1.89. The van der Waals surface area contributed by atoms with Gasteiger partial charge in [-0.2, -0.15) is 0 Å². The van der Waals surface area contributed by atoms with Crippen LogP contribution in [0.3, 0.4) is 0 Å². The Hall–Kier alpha value is -1.36. The van der Waals surface area contributed by atoms with Crippen LogP contribution < -0.4 is 5.73 Å². The Bertz CT molecular complexity index is 295. The van der Waals surface area contributed by atoms with Gasteiger partial charge in [-0.3, -0.25) is 4.79 Å². The molecular weight excluding hydrogens is 170 g/mol. The second kappa shape index (κ2) is 4.04. The number of imidazole rings is 1. The minimum absolute atomic E-state index is 0.323. The average molecular weight is 183 g/mol. The van der Waals surface area contributed by atoms with Gasteiger partial charge in [-0.1, -0.05) is 0 Å². The smallest absolute Gasteiger partial charge is 0.320 e. The van der Waals surface area contributed by atoms with Crippen LogP contribution >= 0.6 is 0 Å². The summed E-state index contributed by atoms with van der Waals surface area (Å²) in [6.07, 6.45) is 3.64. The van der Waals surface area contributed by atoms with Crippen molar-refractivity contribution in [2.24, 2.45) is 5.73 Å². The number of nitrogens with two attached hydrogens (primary N) is 1. The van der Waals surface area contributed by atoms with E-state index in [1.165, 1.54) is 0 Å². The number of carboxylic acids is 1. The highest BCUT2D eigenvalue weighted by molar-refractivity contribution is 5.73. The molecule has 0 bridgehead atoms. The summed E-state index contributed by atoms with van der Waals surface area (Å²) in [5.74, 6) is -0.983. The zero-order chi connectivity index (χ0) is 9.84. The molecule has 5 heteroatoms. The first-order chi connectivity index (χ1) is 6.15. The summed E-state index contributed by atoms with van der Waals surface area (Å²) < 4.78 is 1.88. The predicted molar refractivity (Wildman–Crippen MR) is 47.2 cm³/mol. The zero-order valence-corrected chi connectivity index (χ0v) is 7.47. The van der Waals surface area contributed by atoms with Crippen LogP contribution in [0.5, 0.6) is 0 Å². The summed E-state index contributed by atoms with van der Waals surface area (Å²) >= 11 is 0. The summed E-state index contributed by atoms with van der Waals surface area (Å²) in [4.78, 5) is 14.4. The third-order valence-electron chi connectivity index (χ3n) is 1.89. The summed E-state index contributed by atoms with van der Waals surface area (Å²) in [7, 11) is 0. The quantitative estimate of drug-likeness (QED) is 0.680. The first kappa shape index (κ1) is 9.73. The summed E-state index contributed by atoms with van der Waals surface area (Å²) in [6.45, 7) is 2.75. The Morgan fingerprint density at radius 1 is 1.85 bits per heavy atom. The van der Waals surface area contributed by atoms with Gasteiger partial charge in [-0.15, -0.1) is 0 Å². The van der Waals surface area contributed by atoms with E-state index in [4.69, 9.17) is 10.8 Å². The lowest BCUT2D eigenvalue weighted by Crippen LogP contribution is -2.32. The van der Waals surface area contributed by atoms with Crippen LogP contribution in [0.25, 0.3) is 0 Å². The summed E-state index contributed by atoms with van der Waals surface area (Å²) in [6, 6.07) is -0.845. The van der Waals surface area contributed by atoms with Crippen LogP contribution in [-0.2, 0) is 17.8 Å². The molecule has 0 aliphatic heterocycles. The third kappa shape index (κ3) is 2.29. The van der Waals surface area contributed by atoms with Gasteiger partial charge in [0, 0.05) is 24.9 Å². The molecule has 0 fully saturated rings. The molecule has 1 atom stereocenters. The van der Waals surface area contributed by atoms with Crippen LogP contribution in [0.2, 0.25) is 0 Å². The zero-order valence-electron chi connectivity index (χ0n) is 7.47. The lowest BCUT2D eigenvalue weighted by atomic mass is 10.2. The fourth-order valence-electron chi connectivity index (χ4n) is 1.12. The molecule has 0 unspecified atom stereocenters. The van der Waals surface area contributed by atoms with Crippen molar-refractivity contribution in [2.75, 3.05) is 0 Å². The van der Waals surface area contributed by atoms with Crippen molar-refractivity contribution in [1.82, 2.24) is 9.55 Å². The van der Waals surface area contributed by atoms with Gasteiger partial charge in [0.1, 0.15) is 6.04 Å². The Labute approximate surface area is 76.2 Å². The Morgan fingerprint density at radius 2 is 2.54 bits per heavy atom. The number of rotatable bonds is 4. The molecule has 0 aliphatic carbocycles. The second-order valence-electron chi connectivity index (χ2n) is 2.82. The molecule has 1 heterocycles. The molecule has 0 amide bonds. The highest BCUT2D eigenvalue weighted by Gasteiger charge is 2.13. The molecule has 3 N–H and O–H groups in total. The van der Waals surface area contributed by atoms with Crippen molar-refractivity contribution in [3.05, 3.63) is 18.2 Å². The van der Waals surface area contributed by atoms with Gasteiger partial charge >= 0.3 is 5.97 Å². The maximum Gasteiger partial charge on any atom is 0.320 e. The fraction of sp³-hybridized carbons (Fsp3) is 0.500. The number of aliphatic carboxylic acids is 1. The van der Waals surface area contributed by atoms with E-state index in [0.717, 1.165) is 12.2 Å². The van der Waals surface area contributed by atoms with E-state index in [-0.39, 0.29) is 0 Å². The monoisotopic (exact) mass is 183 g/mol. The van der Waals surface area contributed by atoms with Crippen molar-refractivity contribution in [3.8, 4) is 0 Å². The van der Waals surface area contributed by atoms with E-state index in [2.05, 4.69) is 4.98 Å². The van der Waals surface area contributed by atoms with E-state index in [1.54, 1.807) is 12.5 Å². The highest BCUT2D eigenvalue weighted by Crippen LogP contribution is 2.02. The average Bonchev–Trinajstić information content (AvgIpc) is 2.51. The second-order valence-corrected chi connectivity index (χ2v) is 2.82. The van der Waals surface area contributed by atoms with Crippen LogP contribution in [0.1, 0.15) is 12.6 Å². The molecule has 72 valence electrons. The first-order valence-corrected chi connectivity index (χ1v) is 4.12. The minimum atomic E-state index is -0.983. The molecule has 0 aromatic carbocycles. The Kier molecular flexibility index (Phi) is 3.02. The maximum absolute atomic E-state index is 10.5. The van der Waals surface area contributed by atoms with E-state index in [9.17, 15) is 4.79 Å². The number of carboxylic acid groups (broad SMARTS) is 1. The normalized spacial score (nSPS) is 12.8. The van der Waals surface area contributed by atoms with Crippen LogP contribution in [0.15, 0.2) is 12.5 Å².